The van der Waals surface area contributed by atoms with Crippen molar-refractivity contribution in [3.63, 3.8) is 0 Å². The maximum Gasteiger partial charge on any atom is 0.323 e. The molecular weight excluding hydrogens is 274 g/mol. The molecule has 21 heavy (non-hydrogen) atoms. The standard InChI is InChI=1S/C14H21N3O4/c1-21-13(20)11-6-10(18)7-17(11)8-12(19)16-14(9-15)4-2-3-5-14/h10-11,18H,2-8H2,1H3,(H,16,19). The van der Waals surface area contributed by atoms with Gasteiger partial charge >= 0.3 is 5.97 Å². The number of hydrogen-bond donors (Lipinski definition) is 2. The number of ether oxygens (including phenoxy) is 1. The smallest absolute Gasteiger partial charge is 0.323 e. The molecule has 1 saturated heterocycles. The Balaban J connectivity index is 1.95. The fourth-order valence-electron chi connectivity index (χ4n) is 3.17. The minimum absolute atomic E-state index is 0.0136. The molecule has 1 aliphatic carbocycles. The van der Waals surface area contributed by atoms with Crippen LogP contribution in [-0.2, 0) is 14.3 Å². The normalized spacial score (nSPS) is 28.0. The lowest BCUT2D eigenvalue weighted by atomic mass is 10.00. The van der Waals surface area contributed by atoms with Crippen LogP contribution in [0.1, 0.15) is 32.1 Å². The Kier molecular flexibility index (Phi) is 4.80. The first-order chi connectivity index (χ1) is 9.99. The van der Waals surface area contributed by atoms with Crippen LogP contribution in [0.5, 0.6) is 0 Å². The van der Waals surface area contributed by atoms with E-state index >= 15 is 0 Å². The number of carbonyl (C=O) groups is 2. The fourth-order valence-corrected chi connectivity index (χ4v) is 3.17. The van der Waals surface area contributed by atoms with E-state index in [0.29, 0.717) is 12.8 Å². The zero-order valence-corrected chi connectivity index (χ0v) is 12.2. The minimum Gasteiger partial charge on any atom is -0.468 e. The van der Waals surface area contributed by atoms with Gasteiger partial charge in [0, 0.05) is 13.0 Å². The molecular formula is C14H21N3O4. The summed E-state index contributed by atoms with van der Waals surface area (Å²) < 4.78 is 4.69. The molecule has 0 bridgehead atoms. The summed E-state index contributed by atoms with van der Waals surface area (Å²) in [6.07, 6.45) is 2.82. The number of methoxy groups -OCH3 is 1. The number of rotatable bonds is 4. The van der Waals surface area contributed by atoms with Crippen molar-refractivity contribution in [3.8, 4) is 6.07 Å². The lowest BCUT2D eigenvalue weighted by molar-refractivity contribution is -0.146. The van der Waals surface area contributed by atoms with Crippen LogP contribution in [0, 0.1) is 11.3 Å². The molecule has 2 unspecified atom stereocenters. The fraction of sp³-hybridized carbons (Fsp3) is 0.786. The first-order valence-electron chi connectivity index (χ1n) is 7.22. The molecule has 116 valence electrons. The monoisotopic (exact) mass is 295 g/mol. The van der Waals surface area contributed by atoms with Gasteiger partial charge in [-0.2, -0.15) is 5.26 Å². The Morgan fingerprint density at radius 2 is 2.14 bits per heavy atom. The van der Waals surface area contributed by atoms with Gasteiger partial charge in [0.15, 0.2) is 0 Å². The van der Waals surface area contributed by atoms with Gasteiger partial charge in [0.2, 0.25) is 5.91 Å². The van der Waals surface area contributed by atoms with Crippen molar-refractivity contribution in [1.29, 1.82) is 5.26 Å². The molecule has 0 radical (unpaired) electrons. The van der Waals surface area contributed by atoms with Crippen molar-refractivity contribution in [1.82, 2.24) is 10.2 Å². The van der Waals surface area contributed by atoms with E-state index in [2.05, 4.69) is 11.4 Å². The highest BCUT2D eigenvalue weighted by Crippen LogP contribution is 2.29. The van der Waals surface area contributed by atoms with Crippen LogP contribution < -0.4 is 5.32 Å². The molecule has 2 aliphatic rings. The summed E-state index contributed by atoms with van der Waals surface area (Å²) in [5, 5.41) is 21.7. The van der Waals surface area contributed by atoms with Gasteiger partial charge in [-0.1, -0.05) is 0 Å². The quantitative estimate of drug-likeness (QED) is 0.681. The summed E-state index contributed by atoms with van der Waals surface area (Å²) in [7, 11) is 1.29. The van der Waals surface area contributed by atoms with Crippen LogP contribution in [-0.4, -0.2) is 59.8 Å². The van der Waals surface area contributed by atoms with Gasteiger partial charge in [0.05, 0.1) is 25.8 Å². The molecule has 0 aromatic heterocycles. The number of carbonyl (C=O) groups excluding carboxylic acids is 2. The molecule has 2 N–H and O–H groups in total. The van der Waals surface area contributed by atoms with Crippen LogP contribution in [0.4, 0.5) is 0 Å². The highest BCUT2D eigenvalue weighted by molar-refractivity contribution is 5.81. The molecule has 2 rings (SSSR count). The highest BCUT2D eigenvalue weighted by atomic mass is 16.5. The van der Waals surface area contributed by atoms with Crippen molar-refractivity contribution in [3.05, 3.63) is 0 Å². The second-order valence-corrected chi connectivity index (χ2v) is 5.81. The molecule has 7 heteroatoms. The minimum atomic E-state index is -0.768. The van der Waals surface area contributed by atoms with Crippen molar-refractivity contribution in [2.75, 3.05) is 20.2 Å². The number of amides is 1. The van der Waals surface area contributed by atoms with Gasteiger partial charge < -0.3 is 15.2 Å². The first kappa shape index (κ1) is 15.7. The summed E-state index contributed by atoms with van der Waals surface area (Å²) >= 11 is 0. The van der Waals surface area contributed by atoms with Crippen LogP contribution in [0.25, 0.3) is 0 Å². The summed E-state index contributed by atoms with van der Waals surface area (Å²) in [6.45, 7) is 0.243. The predicted octanol–water partition coefficient (Wildman–Crippen LogP) is -0.453. The third-order valence-corrected chi connectivity index (χ3v) is 4.25. The van der Waals surface area contributed by atoms with Crippen LogP contribution in [0.3, 0.4) is 0 Å². The number of β-amino-alcohol motifs (C(OH)–C–C–N with tert-alkyl or cyclic N) is 1. The largest absolute Gasteiger partial charge is 0.468 e. The predicted molar refractivity (Wildman–Crippen MR) is 73.0 cm³/mol. The maximum atomic E-state index is 12.1. The highest BCUT2D eigenvalue weighted by Gasteiger charge is 2.40. The number of likely N-dealkylation sites (tertiary alicyclic amines) is 1. The van der Waals surface area contributed by atoms with E-state index in [1.54, 1.807) is 4.90 Å². The van der Waals surface area contributed by atoms with Gasteiger partial charge in [-0.15, -0.1) is 0 Å². The SMILES string of the molecule is COC(=O)C1CC(O)CN1CC(=O)NC1(C#N)CCCC1. The van der Waals surface area contributed by atoms with E-state index in [9.17, 15) is 20.0 Å². The average molecular weight is 295 g/mol. The summed E-state index contributed by atoms with van der Waals surface area (Å²) in [5.41, 5.74) is -0.768. The zero-order valence-electron chi connectivity index (χ0n) is 12.2. The van der Waals surface area contributed by atoms with E-state index in [1.807, 2.05) is 0 Å². The molecule has 2 atom stereocenters. The Morgan fingerprint density at radius 3 is 2.71 bits per heavy atom. The molecule has 1 heterocycles. The van der Waals surface area contributed by atoms with Crippen molar-refractivity contribution >= 4 is 11.9 Å². The first-order valence-corrected chi connectivity index (χ1v) is 7.22. The van der Waals surface area contributed by atoms with Crippen molar-refractivity contribution in [2.24, 2.45) is 0 Å². The van der Waals surface area contributed by atoms with E-state index < -0.39 is 23.7 Å². The van der Waals surface area contributed by atoms with Crippen molar-refractivity contribution in [2.45, 2.75) is 49.8 Å². The molecule has 0 spiro atoms. The Morgan fingerprint density at radius 1 is 1.48 bits per heavy atom. The molecule has 1 aliphatic heterocycles. The summed E-state index contributed by atoms with van der Waals surface area (Å²) in [6, 6.07) is 1.60. The number of nitriles is 1. The summed E-state index contributed by atoms with van der Waals surface area (Å²) in [5.74, 6) is -0.739. The van der Waals surface area contributed by atoms with Crippen LogP contribution in [0.2, 0.25) is 0 Å². The van der Waals surface area contributed by atoms with Gasteiger partial charge in [-0.3, -0.25) is 14.5 Å². The van der Waals surface area contributed by atoms with E-state index in [-0.39, 0.29) is 25.4 Å². The van der Waals surface area contributed by atoms with Gasteiger partial charge in [0.25, 0.3) is 0 Å². The Bertz CT molecular complexity index is 454. The third kappa shape index (κ3) is 3.52. The van der Waals surface area contributed by atoms with Gasteiger partial charge in [0.1, 0.15) is 11.6 Å². The molecule has 1 amide bonds. The maximum absolute atomic E-state index is 12.1. The number of nitrogens with one attached hydrogen (secondary N) is 1. The average Bonchev–Trinajstić information content (AvgIpc) is 3.05. The third-order valence-electron chi connectivity index (χ3n) is 4.25. The van der Waals surface area contributed by atoms with E-state index in [1.165, 1.54) is 7.11 Å². The van der Waals surface area contributed by atoms with E-state index in [4.69, 9.17) is 4.74 Å². The molecule has 1 saturated carbocycles. The zero-order chi connectivity index (χ0) is 15.5. The topological polar surface area (TPSA) is 103 Å². The van der Waals surface area contributed by atoms with Crippen LogP contribution in [0.15, 0.2) is 0 Å². The van der Waals surface area contributed by atoms with Gasteiger partial charge in [-0.25, -0.2) is 0 Å². The van der Waals surface area contributed by atoms with Crippen LogP contribution >= 0.6 is 0 Å². The molecule has 0 aromatic rings. The molecule has 2 fully saturated rings. The number of nitrogens with zero attached hydrogens (tertiary/aromatic N) is 2. The van der Waals surface area contributed by atoms with Crippen molar-refractivity contribution < 1.29 is 19.4 Å². The number of esters is 1. The second kappa shape index (κ2) is 6.41. The van der Waals surface area contributed by atoms with Gasteiger partial charge in [-0.05, 0) is 25.7 Å². The second-order valence-electron chi connectivity index (χ2n) is 5.81. The lowest BCUT2D eigenvalue weighted by Crippen LogP contribution is -2.50. The van der Waals surface area contributed by atoms with E-state index in [0.717, 1.165) is 12.8 Å². The Hall–Kier alpha value is -1.65. The Labute approximate surface area is 123 Å². The summed E-state index contributed by atoms with van der Waals surface area (Å²) in [4.78, 5) is 25.4. The number of aliphatic hydroxyl groups excluding tert-OH is 1. The molecule has 7 nitrogen and oxygen atoms in total. The number of aliphatic hydroxyl groups is 1. The number of hydrogen-bond acceptors (Lipinski definition) is 6. The molecule has 0 aromatic carbocycles. The lowest BCUT2D eigenvalue weighted by Gasteiger charge is -2.26.